The predicted octanol–water partition coefficient (Wildman–Crippen LogP) is 2.78. The van der Waals surface area contributed by atoms with Gasteiger partial charge in [-0.15, -0.1) is 11.3 Å². The molecule has 1 aliphatic rings. The Hall–Kier alpha value is -1.66. The Morgan fingerprint density at radius 2 is 2.29 bits per heavy atom. The molecule has 2 aromatic heterocycles. The molecule has 0 aliphatic heterocycles. The molecule has 2 atom stereocenters. The van der Waals surface area contributed by atoms with Gasteiger partial charge in [0, 0.05) is 12.4 Å². The number of nitrogens with zero attached hydrogens (tertiary/aromatic N) is 2. The smallest absolute Gasteiger partial charge is 0.273 e. The molecule has 2 aromatic rings. The first-order valence-corrected chi connectivity index (χ1v) is 7.99. The molecule has 0 saturated heterocycles. The van der Waals surface area contributed by atoms with E-state index in [9.17, 15) is 9.90 Å². The third-order valence-electron chi connectivity index (χ3n) is 3.97. The van der Waals surface area contributed by atoms with Gasteiger partial charge in [0.1, 0.15) is 5.69 Å². The fourth-order valence-electron chi connectivity index (χ4n) is 2.76. The summed E-state index contributed by atoms with van der Waals surface area (Å²) in [7, 11) is 1.74. The van der Waals surface area contributed by atoms with Crippen LogP contribution in [0.25, 0.3) is 10.8 Å². The number of carbonyl (C=O) groups is 1. The van der Waals surface area contributed by atoms with Gasteiger partial charge in [0.2, 0.25) is 0 Å². The lowest BCUT2D eigenvalue weighted by Crippen LogP contribution is -2.46. The van der Waals surface area contributed by atoms with Crippen LogP contribution in [0.3, 0.4) is 0 Å². The van der Waals surface area contributed by atoms with Gasteiger partial charge in [0.25, 0.3) is 5.91 Å². The second kappa shape index (κ2) is 5.99. The molecule has 21 heavy (non-hydrogen) atoms. The van der Waals surface area contributed by atoms with Gasteiger partial charge in [0.15, 0.2) is 10.8 Å². The number of hydrogen-bond acceptors (Lipinski definition) is 5. The monoisotopic (exact) mass is 306 g/mol. The molecule has 112 valence electrons. The summed E-state index contributed by atoms with van der Waals surface area (Å²) in [6.07, 6.45) is 4.83. The molecule has 0 spiro atoms. The van der Waals surface area contributed by atoms with E-state index >= 15 is 0 Å². The summed E-state index contributed by atoms with van der Waals surface area (Å²) in [4.78, 5) is 18.5. The highest BCUT2D eigenvalue weighted by Gasteiger charge is 2.30. The standard InChI is InChI=1S/C15H18N2O3S/c1-17(11-5-2-3-6-12(11)18)15(19)10-9-21-14(16-10)13-7-4-8-20-13/h4,7-9,11-12,18H,2-3,5-6H2,1H3. The molecule has 1 saturated carbocycles. The van der Waals surface area contributed by atoms with Gasteiger partial charge in [-0.1, -0.05) is 12.8 Å². The van der Waals surface area contributed by atoms with E-state index in [1.54, 1.807) is 29.7 Å². The Morgan fingerprint density at radius 1 is 1.48 bits per heavy atom. The van der Waals surface area contributed by atoms with E-state index in [1.165, 1.54) is 11.3 Å². The minimum absolute atomic E-state index is 0.111. The number of aliphatic hydroxyl groups is 1. The molecule has 0 radical (unpaired) electrons. The summed E-state index contributed by atoms with van der Waals surface area (Å²) in [5, 5.41) is 12.5. The lowest BCUT2D eigenvalue weighted by atomic mass is 9.91. The molecule has 6 heteroatoms. The molecule has 5 nitrogen and oxygen atoms in total. The van der Waals surface area contributed by atoms with Crippen LogP contribution in [0, 0.1) is 0 Å². The van der Waals surface area contributed by atoms with Crippen LogP contribution in [-0.4, -0.2) is 40.1 Å². The number of likely N-dealkylation sites (N-methyl/N-ethyl adjacent to an activating group) is 1. The molecular weight excluding hydrogens is 288 g/mol. The predicted molar refractivity (Wildman–Crippen MR) is 80.2 cm³/mol. The summed E-state index contributed by atoms with van der Waals surface area (Å²) in [5.41, 5.74) is 0.409. The summed E-state index contributed by atoms with van der Waals surface area (Å²) >= 11 is 1.39. The Kier molecular flexibility index (Phi) is 4.07. The van der Waals surface area contributed by atoms with Crippen molar-refractivity contribution in [3.63, 3.8) is 0 Å². The zero-order valence-electron chi connectivity index (χ0n) is 11.9. The molecule has 1 fully saturated rings. The number of thiazole rings is 1. The van der Waals surface area contributed by atoms with Gasteiger partial charge >= 0.3 is 0 Å². The number of hydrogen-bond donors (Lipinski definition) is 1. The Morgan fingerprint density at radius 3 is 3.00 bits per heavy atom. The van der Waals surface area contributed by atoms with Crippen molar-refractivity contribution in [2.24, 2.45) is 0 Å². The first-order chi connectivity index (χ1) is 10.2. The van der Waals surface area contributed by atoms with Crippen LogP contribution < -0.4 is 0 Å². The zero-order chi connectivity index (χ0) is 14.8. The van der Waals surface area contributed by atoms with E-state index in [2.05, 4.69) is 4.98 Å². The molecule has 0 aromatic carbocycles. The van der Waals surface area contributed by atoms with Crippen LogP contribution in [0.5, 0.6) is 0 Å². The van der Waals surface area contributed by atoms with Crippen LogP contribution in [0.2, 0.25) is 0 Å². The van der Waals surface area contributed by atoms with Crippen LogP contribution in [-0.2, 0) is 0 Å². The highest BCUT2D eigenvalue weighted by Crippen LogP contribution is 2.27. The number of furan rings is 1. The number of rotatable bonds is 3. The normalized spacial score (nSPS) is 22.2. The van der Waals surface area contributed by atoms with Crippen molar-refractivity contribution in [1.29, 1.82) is 0 Å². The molecule has 2 unspecified atom stereocenters. The summed E-state index contributed by atoms with van der Waals surface area (Å²) in [6.45, 7) is 0. The maximum atomic E-state index is 12.5. The van der Waals surface area contributed by atoms with Crippen LogP contribution in [0.1, 0.15) is 36.2 Å². The molecule has 1 N–H and O–H groups in total. The number of aromatic nitrogens is 1. The SMILES string of the molecule is CN(C(=O)c1csc(-c2ccco2)n1)C1CCCCC1O. The maximum absolute atomic E-state index is 12.5. The van der Waals surface area contributed by atoms with Crippen molar-refractivity contribution in [2.75, 3.05) is 7.05 Å². The first kappa shape index (κ1) is 14.3. The number of amides is 1. The van der Waals surface area contributed by atoms with E-state index in [-0.39, 0.29) is 11.9 Å². The van der Waals surface area contributed by atoms with Crippen molar-refractivity contribution < 1.29 is 14.3 Å². The Labute approximate surface area is 127 Å². The molecule has 1 amide bonds. The van der Waals surface area contributed by atoms with Gasteiger partial charge in [-0.25, -0.2) is 4.98 Å². The van der Waals surface area contributed by atoms with Crippen molar-refractivity contribution in [3.05, 3.63) is 29.5 Å². The topological polar surface area (TPSA) is 66.6 Å². The molecule has 2 heterocycles. The van der Waals surface area contributed by atoms with Crippen LogP contribution in [0.4, 0.5) is 0 Å². The zero-order valence-corrected chi connectivity index (χ0v) is 12.7. The van der Waals surface area contributed by atoms with Gasteiger partial charge in [-0.3, -0.25) is 4.79 Å². The van der Waals surface area contributed by atoms with Crippen molar-refractivity contribution in [3.8, 4) is 10.8 Å². The van der Waals surface area contributed by atoms with Gasteiger partial charge in [-0.05, 0) is 25.0 Å². The summed E-state index contributed by atoms with van der Waals surface area (Å²) in [5.74, 6) is 0.523. The minimum Gasteiger partial charge on any atom is -0.462 e. The summed E-state index contributed by atoms with van der Waals surface area (Å²) in [6, 6.07) is 3.50. The second-order valence-electron chi connectivity index (χ2n) is 5.35. The fraction of sp³-hybridized carbons (Fsp3) is 0.467. The largest absolute Gasteiger partial charge is 0.462 e. The van der Waals surface area contributed by atoms with Crippen molar-refractivity contribution in [1.82, 2.24) is 9.88 Å². The maximum Gasteiger partial charge on any atom is 0.273 e. The Bertz CT molecular complexity index is 608. The van der Waals surface area contributed by atoms with Gasteiger partial charge < -0.3 is 14.4 Å². The van der Waals surface area contributed by atoms with Crippen LogP contribution in [0.15, 0.2) is 28.2 Å². The van der Waals surface area contributed by atoms with Crippen molar-refractivity contribution >= 4 is 17.2 Å². The summed E-state index contributed by atoms with van der Waals surface area (Å²) < 4.78 is 5.29. The van der Waals surface area contributed by atoms with E-state index in [0.717, 1.165) is 25.7 Å². The van der Waals surface area contributed by atoms with E-state index < -0.39 is 6.10 Å². The fourth-order valence-corrected chi connectivity index (χ4v) is 3.52. The molecule has 3 rings (SSSR count). The molecule has 1 aliphatic carbocycles. The average molecular weight is 306 g/mol. The lowest BCUT2D eigenvalue weighted by Gasteiger charge is -2.34. The van der Waals surface area contributed by atoms with Crippen molar-refractivity contribution in [2.45, 2.75) is 37.8 Å². The quantitative estimate of drug-likeness (QED) is 0.947. The van der Waals surface area contributed by atoms with Gasteiger partial charge in [-0.2, -0.15) is 0 Å². The minimum atomic E-state index is -0.434. The highest BCUT2D eigenvalue weighted by atomic mass is 32.1. The van der Waals surface area contributed by atoms with Crippen LogP contribution >= 0.6 is 11.3 Å². The van der Waals surface area contributed by atoms with E-state index in [4.69, 9.17) is 4.42 Å². The lowest BCUT2D eigenvalue weighted by molar-refractivity contribution is 0.0265. The number of carbonyl (C=O) groups excluding carboxylic acids is 1. The first-order valence-electron chi connectivity index (χ1n) is 7.11. The van der Waals surface area contributed by atoms with E-state index in [0.29, 0.717) is 16.5 Å². The molecular formula is C15H18N2O3S. The Balaban J connectivity index is 1.75. The number of aliphatic hydroxyl groups excluding tert-OH is 1. The highest BCUT2D eigenvalue weighted by molar-refractivity contribution is 7.13. The van der Waals surface area contributed by atoms with Gasteiger partial charge in [0.05, 0.1) is 18.4 Å². The van der Waals surface area contributed by atoms with E-state index in [1.807, 2.05) is 6.07 Å². The second-order valence-corrected chi connectivity index (χ2v) is 6.21. The third-order valence-corrected chi connectivity index (χ3v) is 4.82. The molecule has 0 bridgehead atoms. The third kappa shape index (κ3) is 2.87. The average Bonchev–Trinajstić information content (AvgIpc) is 3.17.